The molecule has 3 aromatic rings. The zero-order chi connectivity index (χ0) is 37.3. The molecule has 2 aliphatic carbocycles. The number of hydrogen-bond donors (Lipinski definition) is 0. The Balaban J connectivity index is 1.60. The Labute approximate surface area is 307 Å². The number of nitro groups is 1. The van der Waals surface area contributed by atoms with Crippen LogP contribution in [0.2, 0.25) is 0 Å². The molecule has 276 valence electrons. The molecule has 0 unspecified atom stereocenters. The zero-order valence-electron chi connectivity index (χ0n) is 31.2. The van der Waals surface area contributed by atoms with E-state index in [0.29, 0.717) is 19.8 Å². The van der Waals surface area contributed by atoms with Crippen molar-refractivity contribution in [1.29, 1.82) is 0 Å². The van der Waals surface area contributed by atoms with Crippen molar-refractivity contribution in [1.82, 2.24) is 0 Å². The number of allylic oxidation sites excluding steroid dienone is 3. The van der Waals surface area contributed by atoms with Crippen LogP contribution in [0.25, 0.3) is 0 Å². The van der Waals surface area contributed by atoms with Crippen LogP contribution in [-0.2, 0) is 27.4 Å². The van der Waals surface area contributed by atoms with Gasteiger partial charge in [0.25, 0.3) is 5.69 Å². The molecule has 0 amide bonds. The Morgan fingerprint density at radius 1 is 0.846 bits per heavy atom. The van der Waals surface area contributed by atoms with Crippen molar-refractivity contribution in [3.8, 4) is 11.5 Å². The molecular weight excluding hydrogens is 658 g/mol. The van der Waals surface area contributed by atoms with Gasteiger partial charge in [0.05, 0.1) is 50.6 Å². The number of benzene rings is 3. The molecule has 0 heterocycles. The number of methoxy groups -OCH3 is 2. The van der Waals surface area contributed by atoms with Crippen LogP contribution >= 0.6 is 0 Å². The van der Waals surface area contributed by atoms with E-state index in [1.807, 2.05) is 54.6 Å². The molecule has 5 rings (SSSR count). The number of carbonyl (C=O) groups excluding carboxylic acids is 1. The molecule has 9 nitrogen and oxygen atoms in total. The van der Waals surface area contributed by atoms with E-state index in [0.717, 1.165) is 71.4 Å². The topological polar surface area (TPSA) is 106 Å². The molecule has 0 saturated heterocycles. The molecule has 3 aromatic carbocycles. The van der Waals surface area contributed by atoms with Gasteiger partial charge >= 0.3 is 5.97 Å². The maximum absolute atomic E-state index is 13.9. The number of non-ortho nitro benzene ring substituents is 1. The fraction of sp³-hybridized carbons (Fsp3) is 0.419. The number of carbonyl (C=O) groups is 1. The van der Waals surface area contributed by atoms with Crippen molar-refractivity contribution in [3.63, 3.8) is 0 Å². The standard InChI is InChI=1S/C43H51NO8/c1-29-8-7-9-30(2)24-40(52-42(45)34-14-16-35(17-15-34)44(46)47)41-38(28-50-26-32-10-18-36(48-5)19-11-32)43(4,23-22-29)31(3)25-39(41)51-27-33-12-20-37(49-6)21-13-33/h8,10-21,24,31,39-40H,7,9,22-23,25-28H2,1-6H3/b29-8+,30-24+/t31-,39-,40+,43+/m1/s1. The lowest BCUT2D eigenvalue weighted by Gasteiger charge is -2.47. The first-order valence-electron chi connectivity index (χ1n) is 18.0. The van der Waals surface area contributed by atoms with Gasteiger partial charge in [-0.25, -0.2) is 4.79 Å². The van der Waals surface area contributed by atoms with Crippen LogP contribution in [0.15, 0.2) is 107 Å². The predicted octanol–water partition coefficient (Wildman–Crippen LogP) is 9.75. The van der Waals surface area contributed by atoms with Crippen molar-refractivity contribution in [2.45, 2.75) is 85.2 Å². The third kappa shape index (κ3) is 9.57. The van der Waals surface area contributed by atoms with Gasteiger partial charge in [-0.05, 0) is 116 Å². The summed E-state index contributed by atoms with van der Waals surface area (Å²) >= 11 is 0. The monoisotopic (exact) mass is 709 g/mol. The minimum Gasteiger partial charge on any atom is -0.497 e. The summed E-state index contributed by atoms with van der Waals surface area (Å²) in [7, 11) is 3.29. The number of esters is 1. The second-order valence-corrected chi connectivity index (χ2v) is 14.2. The molecule has 0 N–H and O–H groups in total. The minimum atomic E-state index is -0.750. The summed E-state index contributed by atoms with van der Waals surface area (Å²) in [5.74, 6) is 1.21. The molecule has 0 aliphatic heterocycles. The Morgan fingerprint density at radius 3 is 2.06 bits per heavy atom. The van der Waals surface area contributed by atoms with Gasteiger partial charge in [0.1, 0.15) is 17.6 Å². The Hall–Kier alpha value is -4.73. The van der Waals surface area contributed by atoms with Gasteiger partial charge in [0, 0.05) is 17.7 Å². The average molecular weight is 710 g/mol. The van der Waals surface area contributed by atoms with E-state index in [2.05, 4.69) is 33.8 Å². The maximum atomic E-state index is 13.9. The minimum absolute atomic E-state index is 0.0929. The van der Waals surface area contributed by atoms with E-state index in [1.54, 1.807) is 14.2 Å². The van der Waals surface area contributed by atoms with Crippen molar-refractivity contribution in [2.24, 2.45) is 11.3 Å². The Bertz CT molecular complexity index is 1770. The van der Waals surface area contributed by atoms with Crippen LogP contribution in [0, 0.1) is 21.4 Å². The first kappa shape index (κ1) is 38.5. The first-order chi connectivity index (χ1) is 25.0. The number of ether oxygens (including phenoxy) is 5. The van der Waals surface area contributed by atoms with Crippen molar-refractivity contribution < 1.29 is 33.4 Å². The third-order valence-corrected chi connectivity index (χ3v) is 10.7. The molecule has 0 radical (unpaired) electrons. The summed E-state index contributed by atoms with van der Waals surface area (Å²) in [5, 5.41) is 11.3. The van der Waals surface area contributed by atoms with E-state index in [1.165, 1.54) is 29.8 Å². The Kier molecular flexibility index (Phi) is 13.1. The first-order valence-corrected chi connectivity index (χ1v) is 18.0. The third-order valence-electron chi connectivity index (χ3n) is 10.7. The predicted molar refractivity (Wildman–Crippen MR) is 201 cm³/mol. The lowest BCUT2D eigenvalue weighted by molar-refractivity contribution is -0.384. The SMILES string of the molecule is COc1ccc(COCC2=C3[C@@H](OC(=O)c4ccc([N+](=O)[O-])cc4)/C=C(\C)CC/C=C(\C)CC[C@@]2(C)[C@H](C)C[C@H]3OCc2ccc(OC)cc2)cc1. The largest absolute Gasteiger partial charge is 0.497 e. The molecule has 2 aliphatic rings. The van der Waals surface area contributed by atoms with Gasteiger partial charge < -0.3 is 23.7 Å². The molecule has 9 heteroatoms. The van der Waals surface area contributed by atoms with Crippen molar-refractivity contribution in [2.75, 3.05) is 20.8 Å². The van der Waals surface area contributed by atoms with E-state index >= 15 is 0 Å². The molecule has 0 spiro atoms. The van der Waals surface area contributed by atoms with E-state index in [4.69, 9.17) is 23.7 Å². The van der Waals surface area contributed by atoms with Gasteiger partial charge in [-0.1, -0.05) is 55.3 Å². The fourth-order valence-electron chi connectivity index (χ4n) is 7.14. The summed E-state index contributed by atoms with van der Waals surface area (Å²) in [6, 6.07) is 21.2. The van der Waals surface area contributed by atoms with Gasteiger partial charge in [-0.3, -0.25) is 10.1 Å². The highest BCUT2D eigenvalue weighted by molar-refractivity contribution is 5.90. The van der Waals surface area contributed by atoms with Crippen LogP contribution in [0.1, 0.15) is 81.3 Å². The van der Waals surface area contributed by atoms with Crippen molar-refractivity contribution >= 4 is 11.7 Å². The maximum Gasteiger partial charge on any atom is 0.339 e. The van der Waals surface area contributed by atoms with E-state index < -0.39 is 17.0 Å². The molecule has 2 bridgehead atoms. The smallest absolute Gasteiger partial charge is 0.339 e. The van der Waals surface area contributed by atoms with E-state index in [-0.39, 0.29) is 28.7 Å². The summed E-state index contributed by atoms with van der Waals surface area (Å²) in [6.07, 6.45) is 7.50. The summed E-state index contributed by atoms with van der Waals surface area (Å²) in [6.45, 7) is 9.95. The molecular formula is C43H51NO8. The fourth-order valence-corrected chi connectivity index (χ4v) is 7.14. The average Bonchev–Trinajstić information content (AvgIpc) is 3.14. The second kappa shape index (κ2) is 17.7. The molecule has 4 atom stereocenters. The number of fused-ring (bicyclic) bond motifs is 1. The summed E-state index contributed by atoms with van der Waals surface area (Å²) in [4.78, 5) is 24.7. The van der Waals surface area contributed by atoms with Gasteiger partial charge in [0.15, 0.2) is 0 Å². The highest BCUT2D eigenvalue weighted by atomic mass is 16.6. The second-order valence-electron chi connectivity index (χ2n) is 14.2. The van der Waals surface area contributed by atoms with Crippen LogP contribution in [0.4, 0.5) is 5.69 Å². The van der Waals surface area contributed by atoms with Gasteiger partial charge in [0.2, 0.25) is 0 Å². The van der Waals surface area contributed by atoms with Crippen LogP contribution in [0.5, 0.6) is 11.5 Å². The molecule has 0 fully saturated rings. The van der Waals surface area contributed by atoms with Gasteiger partial charge in [-0.2, -0.15) is 0 Å². The van der Waals surface area contributed by atoms with Crippen LogP contribution in [0.3, 0.4) is 0 Å². The molecule has 0 aromatic heterocycles. The molecule has 0 saturated carbocycles. The lowest BCUT2D eigenvalue weighted by Crippen LogP contribution is -2.44. The summed E-state index contributed by atoms with van der Waals surface area (Å²) < 4.78 is 30.6. The van der Waals surface area contributed by atoms with Crippen LogP contribution in [-0.4, -0.2) is 43.9 Å². The van der Waals surface area contributed by atoms with Crippen LogP contribution < -0.4 is 9.47 Å². The highest BCUT2D eigenvalue weighted by Gasteiger charge is 2.46. The van der Waals surface area contributed by atoms with E-state index in [9.17, 15) is 14.9 Å². The quantitative estimate of drug-likeness (QED) is 0.0792. The van der Waals surface area contributed by atoms with Crippen molar-refractivity contribution in [3.05, 3.63) is 134 Å². The highest BCUT2D eigenvalue weighted by Crippen LogP contribution is 2.51. The summed E-state index contributed by atoms with van der Waals surface area (Å²) in [5.41, 5.74) is 6.31. The number of rotatable bonds is 12. The Morgan fingerprint density at radius 2 is 1.46 bits per heavy atom. The zero-order valence-corrected chi connectivity index (χ0v) is 31.2. The number of hydrogen-bond acceptors (Lipinski definition) is 8. The normalized spacial score (nSPS) is 24.3. The number of nitrogens with zero attached hydrogens (tertiary/aromatic N) is 1. The molecule has 52 heavy (non-hydrogen) atoms. The lowest BCUT2D eigenvalue weighted by atomic mass is 9.61. The number of nitro benzene ring substituents is 1. The van der Waals surface area contributed by atoms with Gasteiger partial charge in [-0.15, -0.1) is 0 Å².